The van der Waals surface area contributed by atoms with Crippen LogP contribution in [0.3, 0.4) is 0 Å². The summed E-state index contributed by atoms with van der Waals surface area (Å²) < 4.78 is 21.8. The zero-order valence-electron chi connectivity index (χ0n) is 6.73. The third kappa shape index (κ3) is 1.78. The molecule has 7 nitrogen and oxygen atoms in total. The molecule has 0 atom stereocenters. The molecular formula is C5H8N4O3S. The highest BCUT2D eigenvalue weighted by atomic mass is 32.2. The smallest absolute Gasteiger partial charge is 0.277 e. The lowest BCUT2D eigenvalue weighted by Crippen LogP contribution is -2.20. The van der Waals surface area contributed by atoms with Crippen molar-refractivity contribution in [1.82, 2.24) is 9.97 Å². The topological polar surface area (TPSA) is 132 Å². The van der Waals surface area contributed by atoms with Crippen molar-refractivity contribution in [1.29, 1.82) is 0 Å². The van der Waals surface area contributed by atoms with Gasteiger partial charge in [0.15, 0.2) is 5.82 Å². The molecule has 5 N–H and O–H groups in total. The number of aromatic amines is 1. The van der Waals surface area contributed by atoms with E-state index in [0.717, 1.165) is 6.26 Å². The summed E-state index contributed by atoms with van der Waals surface area (Å²) in [6.07, 6.45) is 0.904. The summed E-state index contributed by atoms with van der Waals surface area (Å²) in [7, 11) is -3.57. The third-order valence-electron chi connectivity index (χ3n) is 1.31. The molecule has 0 radical (unpaired) electrons. The Morgan fingerprint density at radius 3 is 2.31 bits per heavy atom. The summed E-state index contributed by atoms with van der Waals surface area (Å²) in [5.74, 6) is -0.288. The fourth-order valence-corrected chi connectivity index (χ4v) is 1.20. The highest BCUT2D eigenvalue weighted by molar-refractivity contribution is 7.90. The summed E-state index contributed by atoms with van der Waals surface area (Å²) in [6, 6.07) is 0. The molecule has 1 heterocycles. The van der Waals surface area contributed by atoms with E-state index in [2.05, 4.69) is 4.98 Å². The molecule has 0 unspecified atom stereocenters. The summed E-state index contributed by atoms with van der Waals surface area (Å²) in [6.45, 7) is 0. The van der Waals surface area contributed by atoms with Gasteiger partial charge in [0.1, 0.15) is 5.69 Å². The minimum atomic E-state index is -3.57. The van der Waals surface area contributed by atoms with Gasteiger partial charge in [0.05, 0.1) is 0 Å². The first kappa shape index (κ1) is 9.52. The summed E-state index contributed by atoms with van der Waals surface area (Å²) in [4.78, 5) is 16.4. The van der Waals surface area contributed by atoms with Gasteiger partial charge in [0, 0.05) is 6.26 Å². The lowest BCUT2D eigenvalue weighted by Gasteiger charge is -2.00. The normalized spacial score (nSPS) is 11.5. The molecule has 0 spiro atoms. The van der Waals surface area contributed by atoms with Crippen LogP contribution in [-0.4, -0.2) is 24.6 Å². The monoisotopic (exact) mass is 204 g/mol. The zero-order chi connectivity index (χ0) is 10.2. The molecule has 0 bridgehead atoms. The second kappa shape index (κ2) is 2.73. The van der Waals surface area contributed by atoms with E-state index < -0.39 is 20.6 Å². The van der Waals surface area contributed by atoms with Crippen molar-refractivity contribution in [2.45, 2.75) is 5.16 Å². The summed E-state index contributed by atoms with van der Waals surface area (Å²) >= 11 is 0. The lowest BCUT2D eigenvalue weighted by atomic mass is 10.5. The molecule has 0 fully saturated rings. The molecule has 0 amide bonds. The SMILES string of the molecule is CS(=O)(=O)c1nc(N)c(N)c(=O)[nH]1. The second-order valence-corrected chi connectivity index (χ2v) is 4.37. The van der Waals surface area contributed by atoms with E-state index in [9.17, 15) is 13.2 Å². The van der Waals surface area contributed by atoms with Crippen LogP contribution in [0.2, 0.25) is 0 Å². The van der Waals surface area contributed by atoms with Gasteiger partial charge in [0.2, 0.25) is 15.0 Å². The molecule has 1 rings (SSSR count). The molecule has 13 heavy (non-hydrogen) atoms. The van der Waals surface area contributed by atoms with Crippen molar-refractivity contribution in [3.63, 3.8) is 0 Å². The fourth-order valence-electron chi connectivity index (χ4n) is 0.654. The molecule has 8 heteroatoms. The van der Waals surface area contributed by atoms with Crippen molar-refractivity contribution in [3.05, 3.63) is 10.4 Å². The number of nitrogens with zero attached hydrogens (tertiary/aromatic N) is 1. The number of H-pyrrole nitrogens is 1. The number of nitrogens with one attached hydrogen (secondary N) is 1. The van der Waals surface area contributed by atoms with Gasteiger partial charge in [0.25, 0.3) is 5.56 Å². The Balaban J connectivity index is 3.56. The van der Waals surface area contributed by atoms with Gasteiger partial charge in [-0.05, 0) is 0 Å². The third-order valence-corrected chi connectivity index (χ3v) is 2.21. The summed E-state index contributed by atoms with van der Waals surface area (Å²) in [5.41, 5.74) is 9.32. The van der Waals surface area contributed by atoms with E-state index in [1.165, 1.54) is 0 Å². The van der Waals surface area contributed by atoms with Crippen LogP contribution in [0.5, 0.6) is 0 Å². The summed E-state index contributed by atoms with van der Waals surface area (Å²) in [5, 5.41) is -0.482. The Kier molecular flexibility index (Phi) is 2.00. The quantitative estimate of drug-likeness (QED) is 0.469. The second-order valence-electron chi connectivity index (χ2n) is 2.44. The van der Waals surface area contributed by atoms with Gasteiger partial charge in [-0.15, -0.1) is 0 Å². The van der Waals surface area contributed by atoms with Crippen LogP contribution < -0.4 is 17.0 Å². The Bertz CT molecular complexity index is 489. The minimum Gasteiger partial charge on any atom is -0.391 e. The number of sulfone groups is 1. The van der Waals surface area contributed by atoms with Crippen molar-refractivity contribution in [2.24, 2.45) is 0 Å². The van der Waals surface area contributed by atoms with Gasteiger partial charge >= 0.3 is 0 Å². The predicted molar refractivity (Wildman–Crippen MR) is 46.8 cm³/mol. The maximum absolute atomic E-state index is 10.9. The van der Waals surface area contributed by atoms with Gasteiger partial charge in [-0.1, -0.05) is 0 Å². The van der Waals surface area contributed by atoms with Crippen LogP contribution in [-0.2, 0) is 9.84 Å². The molecule has 0 aliphatic rings. The Hall–Kier alpha value is -1.57. The first-order valence-electron chi connectivity index (χ1n) is 3.17. The average Bonchev–Trinajstić information content (AvgIpc) is 1.97. The molecule has 0 saturated carbocycles. The van der Waals surface area contributed by atoms with Crippen molar-refractivity contribution < 1.29 is 8.42 Å². The molecule has 72 valence electrons. The maximum atomic E-state index is 10.9. The first-order valence-corrected chi connectivity index (χ1v) is 5.07. The Labute approximate surface area is 73.7 Å². The van der Waals surface area contributed by atoms with E-state index in [1.54, 1.807) is 0 Å². The van der Waals surface area contributed by atoms with Gasteiger partial charge < -0.3 is 11.5 Å². The average molecular weight is 204 g/mol. The molecule has 0 aliphatic heterocycles. The van der Waals surface area contributed by atoms with Crippen molar-refractivity contribution in [3.8, 4) is 0 Å². The number of nitrogens with two attached hydrogens (primary N) is 2. The van der Waals surface area contributed by atoms with Gasteiger partial charge in [-0.2, -0.15) is 0 Å². The molecule has 1 aromatic heterocycles. The Morgan fingerprint density at radius 2 is 1.92 bits per heavy atom. The number of rotatable bonds is 1. The number of aromatic nitrogens is 2. The van der Waals surface area contributed by atoms with E-state index in [0.29, 0.717) is 0 Å². The van der Waals surface area contributed by atoms with Crippen LogP contribution >= 0.6 is 0 Å². The van der Waals surface area contributed by atoms with Crippen LogP contribution in [0.1, 0.15) is 0 Å². The molecule has 1 aromatic rings. The van der Waals surface area contributed by atoms with Crippen LogP contribution in [0.4, 0.5) is 11.5 Å². The fraction of sp³-hybridized carbons (Fsp3) is 0.200. The molecule has 0 aromatic carbocycles. The number of hydrogen-bond acceptors (Lipinski definition) is 6. The van der Waals surface area contributed by atoms with Gasteiger partial charge in [-0.25, -0.2) is 13.4 Å². The molecule has 0 aliphatic carbocycles. The van der Waals surface area contributed by atoms with Gasteiger partial charge in [-0.3, -0.25) is 9.78 Å². The zero-order valence-corrected chi connectivity index (χ0v) is 7.55. The van der Waals surface area contributed by atoms with E-state index in [-0.39, 0.29) is 11.5 Å². The van der Waals surface area contributed by atoms with E-state index >= 15 is 0 Å². The maximum Gasteiger partial charge on any atom is 0.277 e. The minimum absolute atomic E-state index is 0.285. The standard InChI is InChI=1S/C5H8N4O3S/c1-13(11,12)5-8-3(7)2(6)4(10)9-5/h6H2,1H3,(H3,7,8,9,10). The lowest BCUT2D eigenvalue weighted by molar-refractivity contribution is 0.592. The van der Waals surface area contributed by atoms with Crippen LogP contribution in [0.25, 0.3) is 0 Å². The Morgan fingerprint density at radius 1 is 1.38 bits per heavy atom. The highest BCUT2D eigenvalue weighted by Gasteiger charge is 2.13. The first-order chi connectivity index (χ1) is 5.82. The molecule has 0 saturated heterocycles. The van der Waals surface area contributed by atoms with Crippen LogP contribution in [0, 0.1) is 0 Å². The van der Waals surface area contributed by atoms with Crippen molar-refractivity contribution >= 4 is 21.3 Å². The number of nitrogen functional groups attached to an aromatic ring is 2. The highest BCUT2D eigenvalue weighted by Crippen LogP contribution is 2.06. The largest absolute Gasteiger partial charge is 0.391 e. The molecular weight excluding hydrogens is 196 g/mol. The number of hydrogen-bond donors (Lipinski definition) is 3. The number of anilines is 2. The van der Waals surface area contributed by atoms with Crippen molar-refractivity contribution in [2.75, 3.05) is 17.7 Å². The van der Waals surface area contributed by atoms with E-state index in [4.69, 9.17) is 11.5 Å². The van der Waals surface area contributed by atoms with Crippen LogP contribution in [0.15, 0.2) is 9.95 Å². The van der Waals surface area contributed by atoms with E-state index in [1.807, 2.05) is 4.98 Å². The predicted octanol–water partition coefficient (Wildman–Crippen LogP) is -1.66.